The van der Waals surface area contributed by atoms with Crippen molar-refractivity contribution in [1.29, 1.82) is 0 Å². The Morgan fingerprint density at radius 3 is 2.24 bits per heavy atom. The van der Waals surface area contributed by atoms with Gasteiger partial charge in [0, 0.05) is 0 Å². The van der Waals surface area contributed by atoms with Crippen molar-refractivity contribution in [3.05, 3.63) is 42.5 Å². The predicted octanol–water partition coefficient (Wildman–Crippen LogP) is 3.42. The Kier molecular flexibility index (Phi) is 3.01. The highest BCUT2D eigenvalue weighted by molar-refractivity contribution is 5.35. The van der Waals surface area contributed by atoms with Gasteiger partial charge in [-0.3, -0.25) is 0 Å². The third-order valence-corrected chi connectivity index (χ3v) is 3.38. The van der Waals surface area contributed by atoms with E-state index in [9.17, 15) is 0 Å². The zero-order chi connectivity index (χ0) is 12.5. The van der Waals surface area contributed by atoms with Crippen molar-refractivity contribution < 1.29 is 0 Å². The third kappa shape index (κ3) is 2.54. The molecular formula is C14H19N3. The molecule has 0 fully saturated rings. The molecule has 0 aliphatic carbocycles. The Morgan fingerprint density at radius 2 is 1.76 bits per heavy atom. The van der Waals surface area contributed by atoms with Gasteiger partial charge in [0.05, 0.1) is 5.69 Å². The van der Waals surface area contributed by atoms with Gasteiger partial charge in [-0.2, -0.15) is 5.10 Å². The molecule has 0 aliphatic rings. The maximum atomic E-state index is 4.12. The van der Waals surface area contributed by atoms with Gasteiger partial charge in [-0.1, -0.05) is 39.8 Å². The van der Waals surface area contributed by atoms with Gasteiger partial charge in [0.25, 0.3) is 0 Å². The van der Waals surface area contributed by atoms with Crippen LogP contribution in [0.3, 0.4) is 0 Å². The van der Waals surface area contributed by atoms with E-state index in [1.807, 2.05) is 0 Å². The van der Waals surface area contributed by atoms with E-state index in [4.69, 9.17) is 0 Å². The molecule has 0 saturated heterocycles. The van der Waals surface area contributed by atoms with Crippen molar-refractivity contribution >= 4 is 0 Å². The number of nitrogens with zero attached hydrogens (tertiary/aromatic N) is 3. The summed E-state index contributed by atoms with van der Waals surface area (Å²) in [6.45, 7) is 9.07. The third-order valence-electron chi connectivity index (χ3n) is 3.38. The second kappa shape index (κ2) is 4.32. The number of aromatic nitrogens is 3. The van der Waals surface area contributed by atoms with Crippen LogP contribution in [0.2, 0.25) is 0 Å². The lowest BCUT2D eigenvalue weighted by atomic mass is 9.78. The first kappa shape index (κ1) is 11.8. The molecule has 1 heterocycles. The van der Waals surface area contributed by atoms with Gasteiger partial charge in [0.2, 0.25) is 0 Å². The maximum absolute atomic E-state index is 4.12. The molecule has 3 nitrogen and oxygen atoms in total. The van der Waals surface area contributed by atoms with Crippen molar-refractivity contribution in [2.24, 2.45) is 5.41 Å². The molecule has 0 amide bonds. The van der Waals surface area contributed by atoms with Gasteiger partial charge in [0.1, 0.15) is 12.7 Å². The SMILES string of the molecule is CC(c1ccc(-n2cncn2)cc1)C(C)(C)C. The van der Waals surface area contributed by atoms with Crippen LogP contribution in [0.25, 0.3) is 5.69 Å². The van der Waals surface area contributed by atoms with Crippen LogP contribution in [0.5, 0.6) is 0 Å². The monoisotopic (exact) mass is 229 g/mol. The van der Waals surface area contributed by atoms with Crippen molar-refractivity contribution in [2.75, 3.05) is 0 Å². The van der Waals surface area contributed by atoms with Crippen molar-refractivity contribution in [2.45, 2.75) is 33.6 Å². The lowest BCUT2D eigenvalue weighted by Gasteiger charge is -2.27. The van der Waals surface area contributed by atoms with E-state index in [0.717, 1.165) is 5.69 Å². The summed E-state index contributed by atoms with van der Waals surface area (Å²) in [5, 5.41) is 4.12. The van der Waals surface area contributed by atoms with E-state index in [0.29, 0.717) is 5.92 Å². The number of hydrogen-bond donors (Lipinski definition) is 0. The van der Waals surface area contributed by atoms with Crippen LogP contribution in [0, 0.1) is 5.41 Å². The molecule has 1 aromatic heterocycles. The Labute approximate surface area is 103 Å². The molecule has 2 rings (SSSR count). The van der Waals surface area contributed by atoms with Crippen LogP contribution in [0.1, 0.15) is 39.2 Å². The molecule has 0 bridgehead atoms. The van der Waals surface area contributed by atoms with Gasteiger partial charge in [0.15, 0.2) is 0 Å². The summed E-state index contributed by atoms with van der Waals surface area (Å²) in [5.41, 5.74) is 2.70. The van der Waals surface area contributed by atoms with Gasteiger partial charge in [-0.15, -0.1) is 0 Å². The standard InChI is InChI=1S/C14H19N3/c1-11(14(2,3)4)12-5-7-13(8-6-12)17-10-15-9-16-17/h5-11H,1-4H3. The van der Waals surface area contributed by atoms with E-state index in [2.05, 4.69) is 62.0 Å². The van der Waals surface area contributed by atoms with E-state index in [1.54, 1.807) is 17.3 Å². The van der Waals surface area contributed by atoms with Crippen LogP contribution < -0.4 is 0 Å². The van der Waals surface area contributed by atoms with Gasteiger partial charge < -0.3 is 0 Å². The lowest BCUT2D eigenvalue weighted by molar-refractivity contribution is 0.339. The molecule has 1 atom stereocenters. The molecule has 0 saturated carbocycles. The largest absolute Gasteiger partial charge is 0.223 e. The lowest BCUT2D eigenvalue weighted by Crippen LogP contribution is -2.15. The first-order chi connectivity index (χ1) is 7.98. The van der Waals surface area contributed by atoms with Crippen LogP contribution in [-0.2, 0) is 0 Å². The molecule has 1 unspecified atom stereocenters. The van der Waals surface area contributed by atoms with Crippen LogP contribution >= 0.6 is 0 Å². The van der Waals surface area contributed by atoms with E-state index in [1.165, 1.54) is 5.56 Å². The second-order valence-corrected chi connectivity index (χ2v) is 5.52. The van der Waals surface area contributed by atoms with Gasteiger partial charge in [-0.05, 0) is 29.0 Å². The Morgan fingerprint density at radius 1 is 1.12 bits per heavy atom. The Balaban J connectivity index is 2.25. The first-order valence-electron chi connectivity index (χ1n) is 5.93. The van der Waals surface area contributed by atoms with Crippen LogP contribution in [0.4, 0.5) is 0 Å². The molecule has 1 aromatic carbocycles. The van der Waals surface area contributed by atoms with Crippen LogP contribution in [-0.4, -0.2) is 14.8 Å². The average Bonchev–Trinajstić information content (AvgIpc) is 2.80. The maximum Gasteiger partial charge on any atom is 0.138 e. The minimum atomic E-state index is 0.286. The van der Waals surface area contributed by atoms with E-state index in [-0.39, 0.29) is 5.41 Å². The van der Waals surface area contributed by atoms with Crippen molar-refractivity contribution in [1.82, 2.24) is 14.8 Å². The molecule has 0 radical (unpaired) electrons. The fraction of sp³-hybridized carbons (Fsp3) is 0.429. The normalized spacial score (nSPS) is 13.6. The second-order valence-electron chi connectivity index (χ2n) is 5.52. The minimum absolute atomic E-state index is 0.286. The quantitative estimate of drug-likeness (QED) is 0.790. The summed E-state index contributed by atoms with van der Waals surface area (Å²) >= 11 is 0. The predicted molar refractivity (Wildman–Crippen MR) is 69.2 cm³/mol. The summed E-state index contributed by atoms with van der Waals surface area (Å²) < 4.78 is 1.77. The molecule has 17 heavy (non-hydrogen) atoms. The Hall–Kier alpha value is -1.64. The molecule has 90 valence electrons. The van der Waals surface area contributed by atoms with E-state index < -0.39 is 0 Å². The molecule has 0 aliphatic heterocycles. The smallest absolute Gasteiger partial charge is 0.138 e. The topological polar surface area (TPSA) is 30.7 Å². The highest BCUT2D eigenvalue weighted by Crippen LogP contribution is 2.34. The van der Waals surface area contributed by atoms with Crippen LogP contribution in [0.15, 0.2) is 36.9 Å². The zero-order valence-corrected chi connectivity index (χ0v) is 10.9. The number of rotatable bonds is 2. The first-order valence-corrected chi connectivity index (χ1v) is 5.93. The highest BCUT2D eigenvalue weighted by atomic mass is 15.3. The fourth-order valence-electron chi connectivity index (χ4n) is 1.76. The summed E-state index contributed by atoms with van der Waals surface area (Å²) in [5.74, 6) is 0.535. The summed E-state index contributed by atoms with van der Waals surface area (Å²) in [7, 11) is 0. The summed E-state index contributed by atoms with van der Waals surface area (Å²) in [4.78, 5) is 3.95. The zero-order valence-electron chi connectivity index (χ0n) is 10.9. The Bertz CT molecular complexity index is 463. The van der Waals surface area contributed by atoms with E-state index >= 15 is 0 Å². The summed E-state index contributed by atoms with van der Waals surface area (Å²) in [6, 6.07) is 8.53. The number of hydrogen-bond acceptors (Lipinski definition) is 2. The van der Waals surface area contributed by atoms with Crippen molar-refractivity contribution in [3.63, 3.8) is 0 Å². The fourth-order valence-corrected chi connectivity index (χ4v) is 1.76. The van der Waals surface area contributed by atoms with Crippen molar-refractivity contribution in [3.8, 4) is 5.69 Å². The minimum Gasteiger partial charge on any atom is -0.223 e. The molecule has 0 spiro atoms. The number of benzene rings is 1. The highest BCUT2D eigenvalue weighted by Gasteiger charge is 2.21. The molecular weight excluding hydrogens is 210 g/mol. The average molecular weight is 229 g/mol. The molecule has 2 aromatic rings. The van der Waals surface area contributed by atoms with Gasteiger partial charge >= 0.3 is 0 Å². The molecule has 0 N–H and O–H groups in total. The van der Waals surface area contributed by atoms with Gasteiger partial charge in [-0.25, -0.2) is 9.67 Å². The molecule has 3 heteroatoms. The summed E-state index contributed by atoms with van der Waals surface area (Å²) in [6.07, 6.45) is 3.26.